The SMILES string of the molecule is COc1cc(C=N[C@@H](c2ccccc2-c2cccc3c2oc2ccccc23)[C@@H](N=Cc2cc(OC)cc(C(C)(C)C)c2O)c2ccccc2-c2cccc3c2oc2ccccc23)c(O)c(C(C)(C)C)c1.[Co]. The van der Waals surface area contributed by atoms with Crippen molar-refractivity contribution in [3.8, 4) is 45.3 Å². The van der Waals surface area contributed by atoms with E-state index in [1.807, 2.05) is 84.9 Å². The molecular formula is C62H56CoN2O6. The average molecular weight is 984 g/mol. The van der Waals surface area contributed by atoms with Crippen molar-refractivity contribution in [2.75, 3.05) is 14.2 Å². The van der Waals surface area contributed by atoms with Gasteiger partial charge in [0.05, 0.1) is 14.2 Å². The quantitative estimate of drug-likeness (QED) is 0.125. The van der Waals surface area contributed by atoms with E-state index in [-0.39, 0.29) is 28.3 Å². The Labute approximate surface area is 424 Å². The Balaban J connectivity index is 0.00000624. The van der Waals surface area contributed by atoms with E-state index in [9.17, 15) is 10.2 Å². The van der Waals surface area contributed by atoms with Gasteiger partial charge in [0, 0.05) is 84.1 Å². The van der Waals surface area contributed by atoms with Crippen molar-refractivity contribution in [3.63, 3.8) is 0 Å². The average Bonchev–Trinajstić information content (AvgIpc) is 3.94. The fourth-order valence-corrected chi connectivity index (χ4v) is 9.74. The van der Waals surface area contributed by atoms with Gasteiger partial charge in [0.2, 0.25) is 0 Å². The fourth-order valence-electron chi connectivity index (χ4n) is 9.74. The number of phenols is 2. The monoisotopic (exact) mass is 983 g/mol. The van der Waals surface area contributed by atoms with E-state index in [2.05, 4.69) is 114 Å². The number of hydrogen-bond acceptors (Lipinski definition) is 8. The summed E-state index contributed by atoms with van der Waals surface area (Å²) >= 11 is 0. The van der Waals surface area contributed by atoms with Gasteiger partial charge in [0.25, 0.3) is 0 Å². The summed E-state index contributed by atoms with van der Waals surface area (Å²) in [6.45, 7) is 12.4. The van der Waals surface area contributed by atoms with Gasteiger partial charge in [-0.1, -0.05) is 163 Å². The number of fused-ring (bicyclic) bond motifs is 6. The number of nitrogens with zero attached hydrogens (tertiary/aromatic N) is 2. The smallest absolute Gasteiger partial charge is 0.143 e. The van der Waals surface area contributed by atoms with E-state index in [0.717, 1.165) is 88.4 Å². The third-order valence-corrected chi connectivity index (χ3v) is 13.3. The number of aliphatic imine (C=N–C) groups is 2. The molecular weight excluding hydrogens is 928 g/mol. The molecule has 8 aromatic carbocycles. The maximum absolute atomic E-state index is 12.0. The van der Waals surface area contributed by atoms with Crippen molar-refractivity contribution < 1.29 is 45.3 Å². The van der Waals surface area contributed by atoms with E-state index >= 15 is 0 Å². The van der Waals surface area contributed by atoms with Crippen LogP contribution in [-0.4, -0.2) is 36.9 Å². The minimum Gasteiger partial charge on any atom is -0.507 e. The van der Waals surface area contributed by atoms with Crippen LogP contribution in [0.4, 0.5) is 0 Å². The number of phenolic OH excluding ortho intramolecular Hbond substituents is 2. The normalized spacial score (nSPS) is 13.1. The predicted octanol–water partition coefficient (Wildman–Crippen LogP) is 15.9. The Hall–Kier alpha value is -7.59. The van der Waals surface area contributed by atoms with Crippen LogP contribution < -0.4 is 9.47 Å². The Morgan fingerprint density at radius 3 is 1.20 bits per heavy atom. The van der Waals surface area contributed by atoms with Crippen LogP contribution in [0.1, 0.15) is 87.0 Å². The number of methoxy groups -OCH3 is 2. The molecule has 1 radical (unpaired) electrons. The number of para-hydroxylation sites is 4. The molecule has 2 aromatic heterocycles. The second-order valence-corrected chi connectivity index (χ2v) is 19.9. The van der Waals surface area contributed by atoms with Crippen molar-refractivity contribution in [2.24, 2.45) is 9.98 Å². The maximum atomic E-state index is 12.0. The summed E-state index contributed by atoms with van der Waals surface area (Å²) in [7, 11) is 3.25. The van der Waals surface area contributed by atoms with Crippen molar-refractivity contribution in [1.82, 2.24) is 0 Å². The Bertz CT molecular complexity index is 3420. The number of rotatable bonds is 11. The standard InChI is InChI=1S/C62H56N2O6.Co/c1-61(2,3)51-33-39(67-7)31-37(57(51)65)35-63-55(45-23-11-9-19-41(45)47-25-17-27-49-43-21-13-15-29-53(43)69-59(47)49)56(64-36-38-32-40(68-8)34-52(58(38)66)62(4,5)6)46-24-12-10-20-42(46)48-26-18-28-50-44-22-14-16-30-54(44)70-60(48)50;/h9-36,55-56,65-66H,1-8H3;/t55-,56-;/m0./s1. The molecule has 2 atom stereocenters. The first-order valence-electron chi connectivity index (χ1n) is 23.6. The zero-order valence-electron chi connectivity index (χ0n) is 41.1. The van der Waals surface area contributed by atoms with Crippen molar-refractivity contribution in [3.05, 3.63) is 191 Å². The molecule has 0 aliphatic rings. The molecule has 0 saturated carbocycles. The molecule has 0 amide bonds. The number of furan rings is 2. The second-order valence-electron chi connectivity index (χ2n) is 19.9. The van der Waals surface area contributed by atoms with Gasteiger partial charge in [0.1, 0.15) is 57.4 Å². The van der Waals surface area contributed by atoms with Crippen LogP contribution >= 0.6 is 0 Å². The van der Waals surface area contributed by atoms with Gasteiger partial charge in [-0.3, -0.25) is 9.98 Å². The second kappa shape index (κ2) is 19.3. The van der Waals surface area contributed by atoms with E-state index in [0.29, 0.717) is 22.6 Å². The largest absolute Gasteiger partial charge is 0.507 e. The molecule has 0 aliphatic heterocycles. The van der Waals surface area contributed by atoms with Gasteiger partial charge < -0.3 is 28.5 Å². The number of ether oxygens (including phenoxy) is 2. The Morgan fingerprint density at radius 1 is 0.451 bits per heavy atom. The summed E-state index contributed by atoms with van der Waals surface area (Å²) in [6.07, 6.45) is 3.48. The zero-order chi connectivity index (χ0) is 48.9. The van der Waals surface area contributed by atoms with Crippen LogP contribution in [-0.2, 0) is 27.6 Å². The number of aromatic hydroxyl groups is 2. The molecule has 0 saturated heterocycles. The summed E-state index contributed by atoms with van der Waals surface area (Å²) in [5.41, 5.74) is 10.0. The van der Waals surface area contributed by atoms with Crippen molar-refractivity contribution in [2.45, 2.75) is 64.5 Å². The van der Waals surface area contributed by atoms with E-state index in [4.69, 9.17) is 28.3 Å². The third kappa shape index (κ3) is 9.08. The summed E-state index contributed by atoms with van der Waals surface area (Å²) in [4.78, 5) is 11.1. The molecule has 0 fully saturated rings. The molecule has 0 spiro atoms. The molecule has 10 rings (SSSR count). The van der Waals surface area contributed by atoms with Crippen molar-refractivity contribution >= 4 is 56.3 Å². The van der Waals surface area contributed by atoms with Gasteiger partial charge in [-0.25, -0.2) is 0 Å². The first kappa shape index (κ1) is 48.4. The minimum atomic E-state index is -0.762. The van der Waals surface area contributed by atoms with Crippen LogP contribution in [0.2, 0.25) is 0 Å². The van der Waals surface area contributed by atoms with Gasteiger partial charge in [-0.2, -0.15) is 0 Å². The molecule has 2 N–H and O–H groups in total. The van der Waals surface area contributed by atoms with Crippen LogP contribution in [0.5, 0.6) is 23.0 Å². The topological polar surface area (TPSA) is 110 Å². The van der Waals surface area contributed by atoms with E-state index < -0.39 is 22.9 Å². The first-order valence-corrected chi connectivity index (χ1v) is 23.6. The number of benzene rings is 8. The van der Waals surface area contributed by atoms with Gasteiger partial charge in [0.15, 0.2) is 0 Å². The molecule has 10 aromatic rings. The molecule has 0 aliphatic carbocycles. The van der Waals surface area contributed by atoms with Gasteiger partial charge in [-0.05, 0) is 69.5 Å². The molecule has 359 valence electrons. The van der Waals surface area contributed by atoms with Gasteiger partial charge >= 0.3 is 0 Å². The molecule has 2 heterocycles. The summed E-state index contributed by atoms with van der Waals surface area (Å²) in [5.74, 6) is 1.42. The van der Waals surface area contributed by atoms with Crippen LogP contribution in [0, 0.1) is 0 Å². The summed E-state index contributed by atoms with van der Waals surface area (Å²) in [5, 5.41) is 28.1. The molecule has 0 unspecified atom stereocenters. The third-order valence-electron chi connectivity index (χ3n) is 13.3. The molecule has 9 heteroatoms. The predicted molar refractivity (Wildman–Crippen MR) is 286 cm³/mol. The van der Waals surface area contributed by atoms with E-state index in [1.165, 1.54) is 0 Å². The minimum absolute atomic E-state index is 0. The molecule has 8 nitrogen and oxygen atoms in total. The first-order chi connectivity index (χ1) is 33.7. The van der Waals surface area contributed by atoms with Gasteiger partial charge in [-0.15, -0.1) is 0 Å². The van der Waals surface area contributed by atoms with Crippen LogP contribution in [0.25, 0.3) is 66.1 Å². The van der Waals surface area contributed by atoms with Crippen LogP contribution in [0.15, 0.2) is 177 Å². The van der Waals surface area contributed by atoms with Crippen molar-refractivity contribution in [1.29, 1.82) is 0 Å². The Kier molecular flexibility index (Phi) is 13.2. The summed E-state index contributed by atoms with van der Waals surface area (Å²) in [6, 6.07) is 51.0. The Morgan fingerprint density at radius 2 is 0.803 bits per heavy atom. The molecule has 0 bridgehead atoms. The number of hydrogen-bond donors (Lipinski definition) is 2. The maximum Gasteiger partial charge on any atom is 0.143 e. The van der Waals surface area contributed by atoms with Crippen LogP contribution in [0.3, 0.4) is 0 Å². The zero-order valence-corrected chi connectivity index (χ0v) is 42.1. The summed E-state index contributed by atoms with van der Waals surface area (Å²) < 4.78 is 25.0. The molecule has 71 heavy (non-hydrogen) atoms. The van der Waals surface area contributed by atoms with E-state index in [1.54, 1.807) is 26.6 Å². The fraction of sp³-hybridized carbons (Fsp3) is 0.194.